The molecule has 0 saturated heterocycles. The third-order valence-corrected chi connectivity index (χ3v) is 8.99. The van der Waals surface area contributed by atoms with E-state index in [1.54, 1.807) is 12.1 Å². The van der Waals surface area contributed by atoms with E-state index in [1.165, 1.54) is 0 Å². The van der Waals surface area contributed by atoms with Gasteiger partial charge in [-0.25, -0.2) is 0 Å². The standard InChI is InChI=1S/C18H32N2O3Si/c1-7-20-15-10-9-14(17(19)21)13-16(15)22-11-8-12-23-24(5,6)18(2,3)4/h9-10,13,20H,7-8,11-12H2,1-6H3,(H2,19,21). The van der Waals surface area contributed by atoms with Crippen molar-refractivity contribution in [2.45, 2.75) is 52.2 Å². The van der Waals surface area contributed by atoms with Crippen molar-refractivity contribution in [2.75, 3.05) is 25.1 Å². The normalized spacial score (nSPS) is 12.1. The van der Waals surface area contributed by atoms with E-state index in [-0.39, 0.29) is 5.04 Å². The molecule has 0 aliphatic rings. The number of hydrogen-bond donors (Lipinski definition) is 2. The largest absolute Gasteiger partial charge is 0.491 e. The van der Waals surface area contributed by atoms with Gasteiger partial charge in [-0.05, 0) is 43.3 Å². The Morgan fingerprint density at radius 1 is 1.25 bits per heavy atom. The van der Waals surface area contributed by atoms with Crippen LogP contribution in [0.2, 0.25) is 18.1 Å². The van der Waals surface area contributed by atoms with Crippen molar-refractivity contribution < 1.29 is 14.0 Å². The number of hydrogen-bond acceptors (Lipinski definition) is 4. The number of carbonyl (C=O) groups excluding carboxylic acids is 1. The first-order valence-electron chi connectivity index (χ1n) is 8.53. The number of nitrogens with one attached hydrogen (secondary N) is 1. The van der Waals surface area contributed by atoms with Gasteiger partial charge in [-0.3, -0.25) is 4.79 Å². The van der Waals surface area contributed by atoms with Crippen molar-refractivity contribution in [1.82, 2.24) is 0 Å². The van der Waals surface area contributed by atoms with Gasteiger partial charge in [0, 0.05) is 25.1 Å². The highest BCUT2D eigenvalue weighted by atomic mass is 28.4. The first kappa shape index (κ1) is 20.5. The van der Waals surface area contributed by atoms with Crippen LogP contribution in [0, 0.1) is 0 Å². The van der Waals surface area contributed by atoms with E-state index in [1.807, 2.05) is 13.0 Å². The minimum absolute atomic E-state index is 0.210. The van der Waals surface area contributed by atoms with Crippen molar-refractivity contribution in [3.8, 4) is 5.75 Å². The molecule has 1 aromatic carbocycles. The first-order valence-corrected chi connectivity index (χ1v) is 11.4. The molecule has 0 aliphatic carbocycles. The third-order valence-electron chi connectivity index (χ3n) is 4.45. The topological polar surface area (TPSA) is 73.6 Å². The highest BCUT2D eigenvalue weighted by Crippen LogP contribution is 2.36. The second kappa shape index (κ2) is 8.53. The number of primary amides is 1. The van der Waals surface area contributed by atoms with Crippen molar-refractivity contribution in [3.05, 3.63) is 23.8 Å². The lowest BCUT2D eigenvalue weighted by Crippen LogP contribution is -2.41. The van der Waals surface area contributed by atoms with Crippen molar-refractivity contribution in [2.24, 2.45) is 5.73 Å². The molecule has 0 unspecified atom stereocenters. The zero-order valence-electron chi connectivity index (χ0n) is 15.9. The molecule has 24 heavy (non-hydrogen) atoms. The van der Waals surface area contributed by atoms with Crippen LogP contribution in [-0.2, 0) is 4.43 Å². The fourth-order valence-electron chi connectivity index (χ4n) is 1.92. The summed E-state index contributed by atoms with van der Waals surface area (Å²) in [6, 6.07) is 5.22. The lowest BCUT2D eigenvalue weighted by Gasteiger charge is -2.36. The third kappa shape index (κ3) is 5.83. The minimum atomic E-state index is -1.71. The molecule has 0 bridgehead atoms. The van der Waals surface area contributed by atoms with Crippen molar-refractivity contribution >= 4 is 19.9 Å². The summed E-state index contributed by atoms with van der Waals surface area (Å²) in [6.07, 6.45) is 0.804. The summed E-state index contributed by atoms with van der Waals surface area (Å²) >= 11 is 0. The Morgan fingerprint density at radius 2 is 1.92 bits per heavy atom. The van der Waals surface area contributed by atoms with Crippen LogP contribution >= 0.6 is 0 Å². The number of amides is 1. The Balaban J connectivity index is 2.58. The molecule has 3 N–H and O–H groups in total. The molecule has 0 saturated carbocycles. The van der Waals surface area contributed by atoms with E-state index >= 15 is 0 Å². The Kier molecular flexibility index (Phi) is 7.29. The zero-order chi connectivity index (χ0) is 18.4. The van der Waals surface area contributed by atoms with Crippen LogP contribution in [0.3, 0.4) is 0 Å². The van der Waals surface area contributed by atoms with Gasteiger partial charge in [0.1, 0.15) is 5.75 Å². The molecule has 1 amide bonds. The van der Waals surface area contributed by atoms with Crippen LogP contribution in [0.15, 0.2) is 18.2 Å². The Morgan fingerprint density at radius 3 is 2.46 bits per heavy atom. The number of anilines is 1. The lowest BCUT2D eigenvalue weighted by atomic mass is 10.2. The van der Waals surface area contributed by atoms with Crippen molar-refractivity contribution in [1.29, 1.82) is 0 Å². The number of nitrogens with two attached hydrogens (primary N) is 1. The monoisotopic (exact) mass is 352 g/mol. The molecule has 0 heterocycles. The molecule has 5 nitrogen and oxygen atoms in total. The highest BCUT2D eigenvalue weighted by molar-refractivity contribution is 6.74. The van der Waals surface area contributed by atoms with Crippen molar-refractivity contribution in [3.63, 3.8) is 0 Å². The summed E-state index contributed by atoms with van der Waals surface area (Å²) in [5.74, 6) is 0.199. The Labute approximate surface area is 147 Å². The number of benzene rings is 1. The summed E-state index contributed by atoms with van der Waals surface area (Å²) in [5.41, 5.74) is 6.66. The van der Waals surface area contributed by atoms with Gasteiger partial charge in [-0.15, -0.1) is 0 Å². The average Bonchev–Trinajstić information content (AvgIpc) is 2.47. The van der Waals surface area contributed by atoms with Gasteiger partial charge in [0.05, 0.1) is 12.3 Å². The SMILES string of the molecule is CCNc1ccc(C(N)=O)cc1OCCCO[Si](C)(C)C(C)(C)C. The van der Waals surface area contributed by atoms with Gasteiger partial charge < -0.3 is 20.2 Å². The molecular weight excluding hydrogens is 320 g/mol. The van der Waals surface area contributed by atoms with Crippen LogP contribution in [0.1, 0.15) is 44.5 Å². The smallest absolute Gasteiger partial charge is 0.248 e. The summed E-state index contributed by atoms with van der Waals surface area (Å²) in [7, 11) is -1.71. The van der Waals surface area contributed by atoms with Crippen LogP contribution in [0.25, 0.3) is 0 Å². The van der Waals surface area contributed by atoms with Gasteiger partial charge in [0.15, 0.2) is 8.32 Å². The molecule has 0 aromatic heterocycles. The fourth-order valence-corrected chi connectivity index (χ4v) is 3.00. The lowest BCUT2D eigenvalue weighted by molar-refractivity contribution is 0.1000. The fraction of sp³-hybridized carbons (Fsp3) is 0.611. The summed E-state index contributed by atoms with van der Waals surface area (Å²) in [6.45, 7) is 15.2. The average molecular weight is 353 g/mol. The quantitative estimate of drug-likeness (QED) is 0.520. The van der Waals surface area contributed by atoms with Crippen LogP contribution < -0.4 is 15.8 Å². The maximum Gasteiger partial charge on any atom is 0.248 e. The molecule has 0 fully saturated rings. The van der Waals surface area contributed by atoms with Gasteiger partial charge >= 0.3 is 0 Å². The van der Waals surface area contributed by atoms with Crippen LogP contribution in [-0.4, -0.2) is 34.0 Å². The van der Waals surface area contributed by atoms with Gasteiger partial charge in [0.25, 0.3) is 0 Å². The predicted molar refractivity (Wildman–Crippen MR) is 102 cm³/mol. The van der Waals surface area contributed by atoms with Gasteiger partial charge in [0.2, 0.25) is 5.91 Å². The van der Waals surface area contributed by atoms with E-state index < -0.39 is 14.2 Å². The zero-order valence-corrected chi connectivity index (χ0v) is 16.9. The maximum absolute atomic E-state index is 11.3. The van der Waals surface area contributed by atoms with Gasteiger partial charge in [-0.1, -0.05) is 20.8 Å². The maximum atomic E-state index is 11.3. The molecule has 6 heteroatoms. The minimum Gasteiger partial charge on any atom is -0.491 e. The molecule has 1 aromatic rings. The Hall–Kier alpha value is -1.53. The summed E-state index contributed by atoms with van der Waals surface area (Å²) < 4.78 is 12.0. The van der Waals surface area contributed by atoms with Crippen LogP contribution in [0.4, 0.5) is 5.69 Å². The van der Waals surface area contributed by atoms with E-state index in [9.17, 15) is 4.79 Å². The number of carbonyl (C=O) groups is 1. The summed E-state index contributed by atoms with van der Waals surface area (Å²) in [4.78, 5) is 11.3. The predicted octanol–water partition coefficient (Wildman–Crippen LogP) is 4.01. The summed E-state index contributed by atoms with van der Waals surface area (Å²) in [5, 5.41) is 3.44. The number of ether oxygens (including phenoxy) is 1. The molecule has 136 valence electrons. The van der Waals surface area contributed by atoms with Gasteiger partial charge in [-0.2, -0.15) is 0 Å². The second-order valence-electron chi connectivity index (χ2n) is 7.42. The van der Waals surface area contributed by atoms with Crippen LogP contribution in [0.5, 0.6) is 5.75 Å². The molecule has 0 aliphatic heterocycles. The molecular formula is C18H32N2O3Si. The van der Waals surface area contributed by atoms with E-state index in [4.69, 9.17) is 14.9 Å². The number of rotatable bonds is 9. The van der Waals surface area contributed by atoms with E-state index in [2.05, 4.69) is 39.2 Å². The molecule has 0 spiro atoms. The molecule has 1 rings (SSSR count). The highest BCUT2D eigenvalue weighted by Gasteiger charge is 2.36. The second-order valence-corrected chi connectivity index (χ2v) is 12.2. The van der Waals surface area contributed by atoms with E-state index in [0.717, 1.165) is 18.7 Å². The Bertz CT molecular complexity index is 554. The first-order chi connectivity index (χ1) is 11.1. The molecule has 0 radical (unpaired) electrons. The molecule has 0 atom stereocenters. The van der Waals surface area contributed by atoms with E-state index in [0.29, 0.717) is 24.5 Å².